The molecule has 5 heteroatoms. The predicted molar refractivity (Wildman–Crippen MR) is 44.0 cm³/mol. The first-order valence-electron chi connectivity index (χ1n) is 2.40. The van der Waals surface area contributed by atoms with Crippen LogP contribution in [0.25, 0.3) is 0 Å². The van der Waals surface area contributed by atoms with Crippen LogP contribution in [0.5, 0.6) is 0 Å². The van der Waals surface area contributed by atoms with E-state index in [1.165, 1.54) is 18.2 Å². The van der Waals surface area contributed by atoms with E-state index in [1.807, 2.05) is 0 Å². The Morgan fingerprint density at radius 2 is 1.73 bits per heavy atom. The summed E-state index contributed by atoms with van der Waals surface area (Å²) in [6, 6.07) is 3.91. The smallest absolute Gasteiger partial charge is 0.124 e. The van der Waals surface area contributed by atoms with Gasteiger partial charge in [-0.1, -0.05) is 23.1 Å². The van der Waals surface area contributed by atoms with Gasteiger partial charge in [-0.25, -0.2) is 4.39 Å². The summed E-state index contributed by atoms with van der Waals surface area (Å²) >= 11 is 5.43. The number of halogens is 2. The SMILES string of the molecule is O.O.[B]c1cc(F)cc(Cl)c1. The van der Waals surface area contributed by atoms with Crippen LogP contribution >= 0.6 is 11.6 Å². The van der Waals surface area contributed by atoms with Crippen LogP contribution in [-0.4, -0.2) is 18.8 Å². The van der Waals surface area contributed by atoms with Crippen LogP contribution in [0.1, 0.15) is 0 Å². The Hall–Kier alpha value is -0.575. The van der Waals surface area contributed by atoms with Crippen molar-refractivity contribution in [2.45, 2.75) is 0 Å². The Morgan fingerprint density at radius 1 is 1.18 bits per heavy atom. The quantitative estimate of drug-likeness (QED) is 0.484. The molecule has 1 rings (SSSR count). The van der Waals surface area contributed by atoms with Gasteiger partial charge >= 0.3 is 0 Å². The molecule has 0 spiro atoms. The zero-order chi connectivity index (χ0) is 6.85. The lowest BCUT2D eigenvalue weighted by molar-refractivity contribution is 0.629. The maximum absolute atomic E-state index is 12.3. The lowest BCUT2D eigenvalue weighted by Gasteiger charge is -1.92. The van der Waals surface area contributed by atoms with Gasteiger partial charge in [-0.2, -0.15) is 0 Å². The fourth-order valence-electron chi connectivity index (χ4n) is 0.575. The minimum absolute atomic E-state index is 0. The molecule has 1 aromatic rings. The largest absolute Gasteiger partial charge is 0.412 e. The molecule has 0 aromatic heterocycles. The molecule has 0 saturated heterocycles. The monoisotopic (exact) mass is 176 g/mol. The van der Waals surface area contributed by atoms with Gasteiger partial charge in [0.05, 0.1) is 0 Å². The molecule has 0 unspecified atom stereocenters. The molecule has 0 fully saturated rings. The minimum Gasteiger partial charge on any atom is -0.412 e. The lowest BCUT2D eigenvalue weighted by atomic mass is 9.97. The second-order valence-electron chi connectivity index (χ2n) is 1.70. The van der Waals surface area contributed by atoms with E-state index in [9.17, 15) is 4.39 Å². The van der Waals surface area contributed by atoms with Crippen LogP contribution in [0.2, 0.25) is 5.02 Å². The first-order valence-corrected chi connectivity index (χ1v) is 2.78. The average Bonchev–Trinajstić information content (AvgIpc) is 1.59. The summed E-state index contributed by atoms with van der Waals surface area (Å²) < 4.78 is 12.3. The van der Waals surface area contributed by atoms with Gasteiger partial charge < -0.3 is 11.0 Å². The molecule has 1 aromatic carbocycles. The van der Waals surface area contributed by atoms with Gasteiger partial charge in [-0.15, -0.1) is 0 Å². The summed E-state index contributed by atoms with van der Waals surface area (Å²) in [6.45, 7) is 0. The molecule has 11 heavy (non-hydrogen) atoms. The predicted octanol–water partition coefficient (Wildman–Crippen LogP) is -0.377. The van der Waals surface area contributed by atoms with Crippen LogP contribution in [0.4, 0.5) is 4.39 Å². The molecule has 0 saturated carbocycles. The van der Waals surface area contributed by atoms with Crippen molar-refractivity contribution in [3.05, 3.63) is 29.0 Å². The van der Waals surface area contributed by atoms with Crippen molar-refractivity contribution in [2.75, 3.05) is 0 Å². The van der Waals surface area contributed by atoms with Crippen LogP contribution in [0.15, 0.2) is 18.2 Å². The Kier molecular flexibility index (Phi) is 6.08. The van der Waals surface area contributed by atoms with E-state index >= 15 is 0 Å². The molecule has 2 nitrogen and oxygen atoms in total. The molecule has 0 bridgehead atoms. The topological polar surface area (TPSA) is 63.0 Å². The highest BCUT2D eigenvalue weighted by Crippen LogP contribution is 2.06. The van der Waals surface area contributed by atoms with Gasteiger partial charge in [-0.3, -0.25) is 0 Å². The molecular formula is C6H7BClFO2. The van der Waals surface area contributed by atoms with Crippen molar-refractivity contribution in [1.82, 2.24) is 0 Å². The number of hydrogen-bond acceptors (Lipinski definition) is 0. The molecular weight excluding hydrogens is 169 g/mol. The van der Waals surface area contributed by atoms with E-state index in [0.717, 1.165) is 0 Å². The van der Waals surface area contributed by atoms with Crippen molar-refractivity contribution >= 4 is 24.9 Å². The standard InChI is InChI=1S/C6H3BClF.2H2O/c7-4-1-5(8)3-6(9)2-4;;/h1-3H;2*1H2. The molecule has 0 aliphatic rings. The van der Waals surface area contributed by atoms with E-state index in [1.54, 1.807) is 0 Å². The first-order chi connectivity index (χ1) is 4.18. The highest BCUT2D eigenvalue weighted by molar-refractivity contribution is 6.36. The fraction of sp³-hybridized carbons (Fsp3) is 0. The van der Waals surface area contributed by atoms with Crippen molar-refractivity contribution in [1.29, 1.82) is 0 Å². The van der Waals surface area contributed by atoms with Crippen LogP contribution in [-0.2, 0) is 0 Å². The van der Waals surface area contributed by atoms with Crippen LogP contribution in [0, 0.1) is 5.82 Å². The maximum atomic E-state index is 12.3. The van der Waals surface area contributed by atoms with E-state index in [0.29, 0.717) is 10.5 Å². The third-order valence-electron chi connectivity index (χ3n) is 0.885. The van der Waals surface area contributed by atoms with Gasteiger partial charge in [0.15, 0.2) is 0 Å². The molecule has 0 amide bonds. The summed E-state index contributed by atoms with van der Waals surface area (Å²) in [5.41, 5.74) is 0.347. The number of benzene rings is 1. The molecule has 0 aliphatic carbocycles. The second kappa shape index (κ2) is 5.13. The highest BCUT2D eigenvalue weighted by Gasteiger charge is 1.92. The Morgan fingerprint density at radius 3 is 2.09 bits per heavy atom. The molecule has 0 aliphatic heterocycles. The number of rotatable bonds is 0. The summed E-state index contributed by atoms with van der Waals surface area (Å²) in [5.74, 6) is -0.403. The average molecular weight is 176 g/mol. The van der Waals surface area contributed by atoms with Crippen LogP contribution in [0.3, 0.4) is 0 Å². The lowest BCUT2D eigenvalue weighted by Crippen LogP contribution is -2.01. The Labute approximate surface area is 70.0 Å². The summed E-state index contributed by atoms with van der Waals surface area (Å²) in [5, 5.41) is 0.326. The van der Waals surface area contributed by atoms with Crippen molar-refractivity contribution in [3.63, 3.8) is 0 Å². The van der Waals surface area contributed by atoms with Crippen molar-refractivity contribution in [3.8, 4) is 0 Å². The van der Waals surface area contributed by atoms with E-state index in [2.05, 4.69) is 0 Å². The first kappa shape index (κ1) is 13.0. The Balaban J connectivity index is 0. The summed E-state index contributed by atoms with van der Waals surface area (Å²) in [7, 11) is 5.24. The van der Waals surface area contributed by atoms with E-state index in [-0.39, 0.29) is 11.0 Å². The maximum Gasteiger partial charge on any atom is 0.124 e. The minimum atomic E-state index is -0.403. The van der Waals surface area contributed by atoms with Gasteiger partial charge in [0.1, 0.15) is 13.7 Å². The zero-order valence-electron chi connectivity index (χ0n) is 5.57. The molecule has 0 heterocycles. The van der Waals surface area contributed by atoms with E-state index in [4.69, 9.17) is 19.4 Å². The van der Waals surface area contributed by atoms with Crippen LogP contribution < -0.4 is 5.46 Å². The van der Waals surface area contributed by atoms with Gasteiger partial charge in [0.2, 0.25) is 0 Å². The highest BCUT2D eigenvalue weighted by atomic mass is 35.5. The van der Waals surface area contributed by atoms with Crippen molar-refractivity contribution < 1.29 is 15.3 Å². The summed E-state index contributed by atoms with van der Waals surface area (Å²) in [4.78, 5) is 0. The molecule has 0 atom stereocenters. The fourth-order valence-corrected chi connectivity index (χ4v) is 0.805. The van der Waals surface area contributed by atoms with Gasteiger partial charge in [0.25, 0.3) is 0 Å². The Bertz CT molecular complexity index is 181. The molecule has 2 radical (unpaired) electrons. The normalized spacial score (nSPS) is 7.82. The molecule has 4 N–H and O–H groups in total. The van der Waals surface area contributed by atoms with Gasteiger partial charge in [0, 0.05) is 5.02 Å². The third kappa shape index (κ3) is 3.98. The number of hydrogen-bond donors (Lipinski definition) is 0. The summed E-state index contributed by atoms with van der Waals surface area (Å²) in [6.07, 6.45) is 0. The van der Waals surface area contributed by atoms with E-state index < -0.39 is 5.82 Å². The van der Waals surface area contributed by atoms with Crippen molar-refractivity contribution in [2.24, 2.45) is 0 Å². The second-order valence-corrected chi connectivity index (χ2v) is 2.14. The third-order valence-corrected chi connectivity index (χ3v) is 1.10. The van der Waals surface area contributed by atoms with Gasteiger partial charge in [-0.05, 0) is 12.1 Å². The molecule has 60 valence electrons. The zero-order valence-corrected chi connectivity index (χ0v) is 6.32.